The summed E-state index contributed by atoms with van der Waals surface area (Å²) < 4.78 is 1.77. The van der Waals surface area contributed by atoms with Crippen molar-refractivity contribution < 1.29 is 0 Å². The zero-order valence-corrected chi connectivity index (χ0v) is 12.2. The molecular formula is C16H22N4. The summed E-state index contributed by atoms with van der Waals surface area (Å²) in [7, 11) is 0. The van der Waals surface area contributed by atoms with Gasteiger partial charge in [0.25, 0.3) is 0 Å². The molecule has 0 amide bonds. The fraction of sp³-hybridized carbons (Fsp3) is 0.500. The third-order valence-electron chi connectivity index (χ3n) is 4.36. The average molecular weight is 270 g/mol. The molecule has 1 heterocycles. The van der Waals surface area contributed by atoms with Crippen molar-refractivity contribution in [2.75, 3.05) is 5.32 Å². The van der Waals surface area contributed by atoms with Gasteiger partial charge in [-0.3, -0.25) is 0 Å². The molecule has 1 fully saturated rings. The fourth-order valence-corrected chi connectivity index (χ4v) is 3.00. The molecule has 0 aliphatic heterocycles. The van der Waals surface area contributed by atoms with Crippen LogP contribution < -0.4 is 5.32 Å². The van der Waals surface area contributed by atoms with E-state index in [4.69, 9.17) is 0 Å². The number of benzene rings is 1. The van der Waals surface area contributed by atoms with Crippen LogP contribution in [-0.2, 0) is 0 Å². The van der Waals surface area contributed by atoms with Crippen LogP contribution in [-0.4, -0.2) is 20.8 Å². The Bertz CT molecular complexity index is 532. The molecule has 3 rings (SSSR count). The van der Waals surface area contributed by atoms with Gasteiger partial charge < -0.3 is 5.32 Å². The molecule has 1 aromatic carbocycles. The van der Waals surface area contributed by atoms with Crippen molar-refractivity contribution >= 4 is 5.69 Å². The highest BCUT2D eigenvalue weighted by Crippen LogP contribution is 2.30. The minimum Gasteiger partial charge on any atom is -0.382 e. The van der Waals surface area contributed by atoms with Crippen LogP contribution in [0.15, 0.2) is 36.9 Å². The Morgan fingerprint density at radius 1 is 1.15 bits per heavy atom. The summed E-state index contributed by atoms with van der Waals surface area (Å²) in [5, 5.41) is 7.83. The Balaban J connectivity index is 1.69. The number of nitrogens with one attached hydrogen (secondary N) is 1. The Hall–Kier alpha value is -1.84. The first-order chi connectivity index (χ1) is 9.72. The molecule has 0 radical (unpaired) electrons. The number of nitrogens with zero attached hydrogens (tertiary/aromatic N) is 3. The molecule has 1 aliphatic rings. The first kappa shape index (κ1) is 13.2. The van der Waals surface area contributed by atoms with Crippen molar-refractivity contribution in [3.8, 4) is 5.69 Å². The van der Waals surface area contributed by atoms with Crippen LogP contribution in [0.3, 0.4) is 0 Å². The first-order valence-electron chi connectivity index (χ1n) is 7.44. The standard InChI is InChI=1S/C16H22N4/c1-12-3-4-13(2)16(9-12)19-14-5-7-15(8-6-14)20-11-17-10-18-20/h5-8,10-13,16,19H,3-4,9H2,1-2H3. The Morgan fingerprint density at radius 3 is 2.65 bits per heavy atom. The highest BCUT2D eigenvalue weighted by molar-refractivity contribution is 5.49. The van der Waals surface area contributed by atoms with Gasteiger partial charge in [0.05, 0.1) is 5.69 Å². The van der Waals surface area contributed by atoms with Gasteiger partial charge in [0.2, 0.25) is 0 Å². The molecule has 1 aliphatic carbocycles. The quantitative estimate of drug-likeness (QED) is 0.928. The van der Waals surface area contributed by atoms with Gasteiger partial charge >= 0.3 is 0 Å². The molecule has 106 valence electrons. The molecular weight excluding hydrogens is 248 g/mol. The molecule has 3 atom stereocenters. The van der Waals surface area contributed by atoms with Gasteiger partial charge in [0.15, 0.2) is 0 Å². The zero-order chi connectivity index (χ0) is 13.9. The van der Waals surface area contributed by atoms with Crippen molar-refractivity contribution in [1.29, 1.82) is 0 Å². The summed E-state index contributed by atoms with van der Waals surface area (Å²) in [5.74, 6) is 1.58. The summed E-state index contributed by atoms with van der Waals surface area (Å²) in [6, 6.07) is 9.00. The van der Waals surface area contributed by atoms with E-state index in [1.807, 2.05) is 0 Å². The molecule has 0 spiro atoms. The highest BCUT2D eigenvalue weighted by Gasteiger charge is 2.25. The Labute approximate surface area is 120 Å². The number of hydrogen-bond donors (Lipinski definition) is 1. The van der Waals surface area contributed by atoms with Crippen molar-refractivity contribution in [3.63, 3.8) is 0 Å². The van der Waals surface area contributed by atoms with Gasteiger partial charge in [-0.15, -0.1) is 0 Å². The number of anilines is 1. The van der Waals surface area contributed by atoms with E-state index in [-0.39, 0.29) is 0 Å². The van der Waals surface area contributed by atoms with E-state index in [0.29, 0.717) is 6.04 Å². The molecule has 4 heteroatoms. The molecule has 4 nitrogen and oxygen atoms in total. The minimum absolute atomic E-state index is 0.593. The third-order valence-corrected chi connectivity index (χ3v) is 4.36. The molecule has 0 saturated heterocycles. The smallest absolute Gasteiger partial charge is 0.138 e. The summed E-state index contributed by atoms with van der Waals surface area (Å²) in [5.41, 5.74) is 2.23. The molecule has 1 N–H and O–H groups in total. The summed E-state index contributed by atoms with van der Waals surface area (Å²) >= 11 is 0. The van der Waals surface area contributed by atoms with E-state index in [2.05, 4.69) is 53.5 Å². The summed E-state index contributed by atoms with van der Waals surface area (Å²) in [6.07, 6.45) is 7.23. The van der Waals surface area contributed by atoms with Gasteiger partial charge in [-0.25, -0.2) is 9.67 Å². The molecule has 1 saturated carbocycles. The predicted octanol–water partition coefficient (Wildman–Crippen LogP) is 3.50. The second kappa shape index (κ2) is 5.65. The van der Waals surface area contributed by atoms with Crippen LogP contribution in [0.4, 0.5) is 5.69 Å². The van der Waals surface area contributed by atoms with Crippen LogP contribution in [0.2, 0.25) is 0 Å². The Morgan fingerprint density at radius 2 is 1.95 bits per heavy atom. The van der Waals surface area contributed by atoms with E-state index in [1.54, 1.807) is 17.3 Å². The minimum atomic E-state index is 0.593. The SMILES string of the molecule is CC1CCC(C)C(Nc2ccc(-n3cncn3)cc2)C1. The average Bonchev–Trinajstić information content (AvgIpc) is 2.98. The maximum absolute atomic E-state index is 4.14. The topological polar surface area (TPSA) is 42.7 Å². The van der Waals surface area contributed by atoms with Crippen molar-refractivity contribution in [2.24, 2.45) is 11.8 Å². The van der Waals surface area contributed by atoms with Crippen LogP contribution >= 0.6 is 0 Å². The van der Waals surface area contributed by atoms with E-state index in [1.165, 1.54) is 24.9 Å². The zero-order valence-electron chi connectivity index (χ0n) is 12.2. The second-order valence-electron chi connectivity index (χ2n) is 6.03. The van der Waals surface area contributed by atoms with E-state index >= 15 is 0 Å². The van der Waals surface area contributed by atoms with Gasteiger partial charge in [0.1, 0.15) is 12.7 Å². The van der Waals surface area contributed by atoms with Crippen LogP contribution in [0.5, 0.6) is 0 Å². The van der Waals surface area contributed by atoms with Gasteiger partial charge in [0, 0.05) is 11.7 Å². The lowest BCUT2D eigenvalue weighted by molar-refractivity contribution is 0.281. The number of hydrogen-bond acceptors (Lipinski definition) is 3. The van der Waals surface area contributed by atoms with E-state index in [9.17, 15) is 0 Å². The van der Waals surface area contributed by atoms with E-state index in [0.717, 1.165) is 17.5 Å². The largest absolute Gasteiger partial charge is 0.382 e. The van der Waals surface area contributed by atoms with Gasteiger partial charge in [-0.05, 0) is 48.9 Å². The van der Waals surface area contributed by atoms with Gasteiger partial charge in [-0.1, -0.05) is 20.3 Å². The first-order valence-corrected chi connectivity index (χ1v) is 7.44. The third kappa shape index (κ3) is 2.84. The number of aromatic nitrogens is 3. The van der Waals surface area contributed by atoms with Crippen LogP contribution in [0.25, 0.3) is 5.69 Å². The molecule has 2 aromatic rings. The Kier molecular flexibility index (Phi) is 3.72. The van der Waals surface area contributed by atoms with Crippen LogP contribution in [0.1, 0.15) is 33.1 Å². The lowest BCUT2D eigenvalue weighted by atomic mass is 9.80. The number of rotatable bonds is 3. The van der Waals surface area contributed by atoms with E-state index < -0.39 is 0 Å². The van der Waals surface area contributed by atoms with Gasteiger partial charge in [-0.2, -0.15) is 5.10 Å². The molecule has 1 aromatic heterocycles. The normalized spacial score (nSPS) is 26.4. The second-order valence-corrected chi connectivity index (χ2v) is 6.03. The van der Waals surface area contributed by atoms with Crippen LogP contribution in [0, 0.1) is 11.8 Å². The predicted molar refractivity (Wildman–Crippen MR) is 80.9 cm³/mol. The maximum Gasteiger partial charge on any atom is 0.138 e. The molecule has 20 heavy (non-hydrogen) atoms. The lowest BCUT2D eigenvalue weighted by Gasteiger charge is -2.34. The highest BCUT2D eigenvalue weighted by atomic mass is 15.3. The maximum atomic E-state index is 4.14. The summed E-state index contributed by atoms with van der Waals surface area (Å²) in [4.78, 5) is 3.97. The summed E-state index contributed by atoms with van der Waals surface area (Å²) in [6.45, 7) is 4.71. The van der Waals surface area contributed by atoms with Crippen molar-refractivity contribution in [2.45, 2.75) is 39.2 Å². The molecule has 0 bridgehead atoms. The molecule has 3 unspecified atom stereocenters. The monoisotopic (exact) mass is 270 g/mol. The van der Waals surface area contributed by atoms with Crippen molar-refractivity contribution in [3.05, 3.63) is 36.9 Å². The van der Waals surface area contributed by atoms with Crippen molar-refractivity contribution in [1.82, 2.24) is 14.8 Å². The fourth-order valence-electron chi connectivity index (χ4n) is 3.00. The lowest BCUT2D eigenvalue weighted by Crippen LogP contribution is -2.33.